The second-order valence-corrected chi connectivity index (χ2v) is 6.31. The van der Waals surface area contributed by atoms with Crippen molar-refractivity contribution in [1.82, 2.24) is 9.55 Å². The monoisotopic (exact) mass is 396 g/mol. The Morgan fingerprint density at radius 3 is 2.74 bits per heavy atom. The molecule has 0 amide bonds. The summed E-state index contributed by atoms with van der Waals surface area (Å²) in [5.41, 5.74) is 1.51. The number of benzene rings is 1. The van der Waals surface area contributed by atoms with Gasteiger partial charge in [0.2, 0.25) is 0 Å². The minimum absolute atomic E-state index is 0.00825. The number of alkyl halides is 1. The maximum Gasteiger partial charge on any atom is 0.138 e. The summed E-state index contributed by atoms with van der Waals surface area (Å²) in [6, 6.07) is 3.25. The van der Waals surface area contributed by atoms with Crippen LogP contribution in [-0.2, 0) is 11.3 Å². The van der Waals surface area contributed by atoms with Crippen molar-refractivity contribution in [3.05, 3.63) is 27.3 Å². The Bertz CT molecular complexity index is 600. The highest BCUT2D eigenvalue weighted by molar-refractivity contribution is 14.1. The number of hydrogen-bond donors (Lipinski definition) is 0. The van der Waals surface area contributed by atoms with E-state index >= 15 is 0 Å². The van der Waals surface area contributed by atoms with Crippen LogP contribution in [-0.4, -0.2) is 22.8 Å². The first-order valence-corrected chi connectivity index (χ1v) is 7.47. The van der Waals surface area contributed by atoms with Crippen LogP contribution in [0, 0.1) is 9.39 Å². The zero-order valence-electron chi connectivity index (χ0n) is 11.0. The van der Waals surface area contributed by atoms with Crippen molar-refractivity contribution in [3.8, 4) is 0 Å². The third-order valence-corrected chi connectivity index (χ3v) is 4.04. The third kappa shape index (κ3) is 3.03. The molecule has 1 aromatic heterocycles. The molecule has 104 valence electrons. The maximum atomic E-state index is 13.7. The first kappa shape index (κ1) is 15.0. The molecule has 0 radical (unpaired) electrons. The Labute approximate surface area is 130 Å². The first-order chi connectivity index (χ1) is 8.93. The van der Waals surface area contributed by atoms with Crippen LogP contribution in [0.25, 0.3) is 11.0 Å². The van der Waals surface area contributed by atoms with E-state index in [4.69, 9.17) is 16.3 Å². The lowest BCUT2D eigenvalue weighted by atomic mass is 10.3. The van der Waals surface area contributed by atoms with E-state index in [-0.39, 0.29) is 17.3 Å². The number of methoxy groups -OCH3 is 1. The number of ether oxygens (including phenoxy) is 1. The molecule has 19 heavy (non-hydrogen) atoms. The van der Waals surface area contributed by atoms with Gasteiger partial charge in [-0.1, -0.05) is 0 Å². The summed E-state index contributed by atoms with van der Waals surface area (Å²) in [7, 11) is 1.65. The van der Waals surface area contributed by atoms with E-state index in [9.17, 15) is 4.39 Å². The predicted octanol–water partition coefficient (Wildman–Crippen LogP) is 4.11. The highest BCUT2D eigenvalue weighted by atomic mass is 127. The number of imidazole rings is 1. The second-order valence-electron chi connectivity index (χ2n) is 4.50. The van der Waals surface area contributed by atoms with Crippen LogP contribution >= 0.6 is 34.2 Å². The lowest BCUT2D eigenvalue weighted by molar-refractivity contribution is 0.103. The molecule has 0 N–H and O–H groups in total. The molecule has 6 heteroatoms. The summed E-state index contributed by atoms with van der Waals surface area (Å²) in [6.07, 6.45) is 0.00825. The number of nitrogens with zero attached hydrogens (tertiary/aromatic N) is 2. The van der Waals surface area contributed by atoms with Crippen molar-refractivity contribution < 1.29 is 9.13 Å². The van der Waals surface area contributed by atoms with Gasteiger partial charge in [0, 0.05) is 13.2 Å². The highest BCUT2D eigenvalue weighted by Crippen LogP contribution is 2.27. The summed E-state index contributed by atoms with van der Waals surface area (Å²) in [5, 5.41) is -0.239. The SMILES string of the molecule is COC(C)Cn1c(C(C)Cl)nc2cc(I)c(F)cc21. The van der Waals surface area contributed by atoms with E-state index in [2.05, 4.69) is 4.98 Å². The largest absolute Gasteiger partial charge is 0.380 e. The van der Waals surface area contributed by atoms with Gasteiger partial charge in [-0.15, -0.1) is 11.6 Å². The third-order valence-electron chi connectivity index (χ3n) is 3.02. The molecule has 0 fully saturated rings. The van der Waals surface area contributed by atoms with Crippen molar-refractivity contribution in [2.45, 2.75) is 31.9 Å². The number of halogens is 3. The zero-order chi connectivity index (χ0) is 14.2. The Morgan fingerprint density at radius 2 is 2.16 bits per heavy atom. The van der Waals surface area contributed by atoms with Gasteiger partial charge >= 0.3 is 0 Å². The average molecular weight is 397 g/mol. The molecule has 2 unspecified atom stereocenters. The Kier molecular flexibility index (Phi) is 4.68. The van der Waals surface area contributed by atoms with Crippen LogP contribution in [0.3, 0.4) is 0 Å². The molecule has 0 aliphatic carbocycles. The molecule has 0 bridgehead atoms. The molecule has 0 aliphatic rings. The smallest absolute Gasteiger partial charge is 0.138 e. The van der Waals surface area contributed by atoms with Crippen LogP contribution in [0.15, 0.2) is 12.1 Å². The summed E-state index contributed by atoms with van der Waals surface area (Å²) in [4.78, 5) is 4.51. The zero-order valence-corrected chi connectivity index (χ0v) is 13.9. The van der Waals surface area contributed by atoms with Gasteiger partial charge < -0.3 is 9.30 Å². The standard InChI is InChI=1S/C13H15ClFIN2O/c1-7(19-3)6-18-12-4-9(15)10(16)5-11(12)17-13(18)8(2)14/h4-5,7-8H,6H2,1-3H3. The topological polar surface area (TPSA) is 27.1 Å². The fourth-order valence-corrected chi connectivity index (χ4v) is 2.58. The molecule has 3 nitrogen and oxygen atoms in total. The van der Waals surface area contributed by atoms with Gasteiger partial charge in [-0.2, -0.15) is 0 Å². The second kappa shape index (κ2) is 5.93. The van der Waals surface area contributed by atoms with Crippen molar-refractivity contribution in [3.63, 3.8) is 0 Å². The fourth-order valence-electron chi connectivity index (χ4n) is 1.97. The summed E-state index contributed by atoms with van der Waals surface area (Å²) >= 11 is 8.13. The van der Waals surface area contributed by atoms with Gasteiger partial charge in [-0.3, -0.25) is 0 Å². The quantitative estimate of drug-likeness (QED) is 0.574. The van der Waals surface area contributed by atoms with E-state index in [1.54, 1.807) is 13.2 Å². The highest BCUT2D eigenvalue weighted by Gasteiger charge is 2.18. The van der Waals surface area contributed by atoms with Crippen molar-refractivity contribution in [1.29, 1.82) is 0 Å². The summed E-state index contributed by atoms with van der Waals surface area (Å²) in [6.45, 7) is 4.41. The van der Waals surface area contributed by atoms with Gasteiger partial charge in [0.05, 0.1) is 32.6 Å². The van der Waals surface area contributed by atoms with E-state index in [0.717, 1.165) is 16.9 Å². The van der Waals surface area contributed by atoms with Crippen molar-refractivity contribution >= 4 is 45.2 Å². The lowest BCUT2D eigenvalue weighted by Gasteiger charge is -2.15. The number of aromatic nitrogens is 2. The fraction of sp³-hybridized carbons (Fsp3) is 0.462. The van der Waals surface area contributed by atoms with Crippen LogP contribution < -0.4 is 0 Å². The molecule has 1 aromatic carbocycles. The van der Waals surface area contributed by atoms with E-state index < -0.39 is 0 Å². The number of fused-ring (bicyclic) bond motifs is 1. The Balaban J connectivity index is 2.62. The molecule has 0 aliphatic heterocycles. The van der Waals surface area contributed by atoms with Crippen LogP contribution in [0.4, 0.5) is 4.39 Å². The molecule has 1 heterocycles. The predicted molar refractivity (Wildman–Crippen MR) is 83.1 cm³/mol. The first-order valence-electron chi connectivity index (χ1n) is 5.96. The van der Waals surface area contributed by atoms with Crippen LogP contribution in [0.5, 0.6) is 0 Å². The normalized spacial score (nSPS) is 14.8. The molecule has 2 atom stereocenters. The van der Waals surface area contributed by atoms with E-state index in [1.165, 1.54) is 6.07 Å². The number of rotatable bonds is 4. The molecule has 2 aromatic rings. The average Bonchev–Trinajstić information content (AvgIpc) is 2.68. The summed E-state index contributed by atoms with van der Waals surface area (Å²) < 4.78 is 21.5. The summed E-state index contributed by atoms with van der Waals surface area (Å²) in [5.74, 6) is 0.495. The van der Waals surface area contributed by atoms with Crippen molar-refractivity contribution in [2.75, 3.05) is 7.11 Å². The molecule has 0 saturated heterocycles. The lowest BCUT2D eigenvalue weighted by Crippen LogP contribution is -2.17. The van der Waals surface area contributed by atoms with Gasteiger partial charge in [-0.25, -0.2) is 9.37 Å². The molecular weight excluding hydrogens is 382 g/mol. The van der Waals surface area contributed by atoms with Gasteiger partial charge in [0.1, 0.15) is 11.6 Å². The van der Waals surface area contributed by atoms with E-state index in [0.29, 0.717) is 10.1 Å². The Hall–Kier alpha value is -0.400. The van der Waals surface area contributed by atoms with Crippen LogP contribution in [0.1, 0.15) is 25.0 Å². The minimum Gasteiger partial charge on any atom is -0.380 e. The number of hydrogen-bond acceptors (Lipinski definition) is 2. The molecular formula is C13H15ClFIN2O. The van der Waals surface area contributed by atoms with Gasteiger partial charge in [0.25, 0.3) is 0 Å². The van der Waals surface area contributed by atoms with E-state index in [1.807, 2.05) is 41.0 Å². The molecule has 2 rings (SSSR count). The maximum absolute atomic E-state index is 13.7. The molecule has 0 spiro atoms. The molecule has 0 saturated carbocycles. The van der Waals surface area contributed by atoms with Crippen molar-refractivity contribution in [2.24, 2.45) is 0 Å². The van der Waals surface area contributed by atoms with Gasteiger partial charge in [0.15, 0.2) is 0 Å². The minimum atomic E-state index is -0.243. The van der Waals surface area contributed by atoms with Crippen LogP contribution in [0.2, 0.25) is 0 Å². The Morgan fingerprint density at radius 1 is 1.47 bits per heavy atom. The van der Waals surface area contributed by atoms with Gasteiger partial charge in [-0.05, 0) is 42.5 Å².